The summed E-state index contributed by atoms with van der Waals surface area (Å²) in [6, 6.07) is 4.83. The molecule has 0 spiro atoms. The third-order valence-electron chi connectivity index (χ3n) is 3.38. The largest absolute Gasteiger partial charge is 0.366 e. The van der Waals surface area contributed by atoms with Gasteiger partial charge in [-0.15, -0.1) is 0 Å². The van der Waals surface area contributed by atoms with Crippen molar-refractivity contribution >= 4 is 5.69 Å². The summed E-state index contributed by atoms with van der Waals surface area (Å²) in [5, 5.41) is 3.43. The van der Waals surface area contributed by atoms with Crippen LogP contribution in [0, 0.1) is 11.6 Å². The molecular weight excluding hydrogens is 222 g/mol. The van der Waals surface area contributed by atoms with E-state index in [1.807, 2.05) is 0 Å². The molecule has 17 heavy (non-hydrogen) atoms. The second kappa shape index (κ2) is 5.00. The Labute approximate surface area is 101 Å². The molecule has 0 aliphatic carbocycles. The Morgan fingerprint density at radius 2 is 2.12 bits per heavy atom. The van der Waals surface area contributed by atoms with Crippen LogP contribution in [-0.2, 0) is 0 Å². The number of nitrogens with one attached hydrogen (secondary N) is 1. The number of nitrogens with zero attached hydrogens (tertiary/aromatic N) is 1. The minimum Gasteiger partial charge on any atom is -0.366 e. The standard InChI is InChI=1S/C13H18F2N2/c1-3-10-8-17(9(2)7-16-10)11-4-5-12(14)13(15)6-11/h4-6,9-10,16H,3,7-8H2,1-2H3. The molecular formula is C13H18F2N2. The van der Waals surface area contributed by atoms with E-state index < -0.39 is 11.6 Å². The molecule has 0 radical (unpaired) electrons. The zero-order valence-corrected chi connectivity index (χ0v) is 10.2. The van der Waals surface area contributed by atoms with E-state index in [0.29, 0.717) is 12.1 Å². The molecule has 1 N–H and O–H groups in total. The molecule has 2 rings (SSSR count). The Bertz CT molecular complexity index is 395. The zero-order chi connectivity index (χ0) is 12.4. The SMILES string of the molecule is CCC1CN(c2ccc(F)c(F)c2)C(C)CN1. The van der Waals surface area contributed by atoms with Crippen LogP contribution >= 0.6 is 0 Å². The maximum atomic E-state index is 13.2. The van der Waals surface area contributed by atoms with Gasteiger partial charge in [-0.3, -0.25) is 0 Å². The molecule has 0 saturated carbocycles. The lowest BCUT2D eigenvalue weighted by Gasteiger charge is -2.40. The molecule has 1 fully saturated rings. The highest BCUT2D eigenvalue weighted by Crippen LogP contribution is 2.22. The Balaban J connectivity index is 2.21. The molecule has 2 nitrogen and oxygen atoms in total. The summed E-state index contributed by atoms with van der Waals surface area (Å²) in [7, 11) is 0. The molecule has 94 valence electrons. The van der Waals surface area contributed by atoms with Gasteiger partial charge in [0.05, 0.1) is 0 Å². The molecule has 2 atom stereocenters. The summed E-state index contributed by atoms with van der Waals surface area (Å²) >= 11 is 0. The number of benzene rings is 1. The molecule has 1 aromatic rings. The first-order chi connectivity index (χ1) is 8.11. The fourth-order valence-electron chi connectivity index (χ4n) is 2.23. The van der Waals surface area contributed by atoms with Crippen molar-refractivity contribution in [1.82, 2.24) is 5.32 Å². The molecule has 2 unspecified atom stereocenters. The van der Waals surface area contributed by atoms with Crippen molar-refractivity contribution in [3.8, 4) is 0 Å². The monoisotopic (exact) mass is 240 g/mol. The summed E-state index contributed by atoms with van der Waals surface area (Å²) < 4.78 is 26.1. The fourth-order valence-corrected chi connectivity index (χ4v) is 2.23. The minimum absolute atomic E-state index is 0.294. The second-order valence-electron chi connectivity index (χ2n) is 4.61. The summed E-state index contributed by atoms with van der Waals surface area (Å²) in [4.78, 5) is 2.13. The number of anilines is 1. The Kier molecular flexibility index (Phi) is 3.62. The maximum Gasteiger partial charge on any atom is 0.160 e. The van der Waals surface area contributed by atoms with Crippen molar-refractivity contribution in [2.24, 2.45) is 0 Å². The molecule has 1 aromatic carbocycles. The van der Waals surface area contributed by atoms with Gasteiger partial charge in [0.2, 0.25) is 0 Å². The van der Waals surface area contributed by atoms with Crippen LogP contribution in [0.3, 0.4) is 0 Å². The lowest BCUT2D eigenvalue weighted by Crippen LogP contribution is -2.55. The van der Waals surface area contributed by atoms with E-state index in [0.717, 1.165) is 25.2 Å². The van der Waals surface area contributed by atoms with Crippen molar-refractivity contribution in [1.29, 1.82) is 0 Å². The highest BCUT2D eigenvalue weighted by Gasteiger charge is 2.24. The van der Waals surface area contributed by atoms with E-state index in [-0.39, 0.29) is 0 Å². The molecule has 1 aliphatic rings. The van der Waals surface area contributed by atoms with Gasteiger partial charge in [-0.05, 0) is 25.5 Å². The third kappa shape index (κ3) is 2.57. The topological polar surface area (TPSA) is 15.3 Å². The lowest BCUT2D eigenvalue weighted by molar-refractivity contribution is 0.396. The molecule has 1 saturated heterocycles. The summed E-state index contributed by atoms with van der Waals surface area (Å²) in [6.07, 6.45) is 1.03. The minimum atomic E-state index is -0.788. The van der Waals surface area contributed by atoms with Gasteiger partial charge in [0.15, 0.2) is 11.6 Å². The van der Waals surface area contributed by atoms with Crippen LogP contribution in [0.25, 0.3) is 0 Å². The first-order valence-electron chi connectivity index (χ1n) is 6.07. The fraction of sp³-hybridized carbons (Fsp3) is 0.538. The van der Waals surface area contributed by atoms with E-state index in [4.69, 9.17) is 0 Å². The van der Waals surface area contributed by atoms with Crippen LogP contribution in [-0.4, -0.2) is 25.2 Å². The number of rotatable bonds is 2. The smallest absolute Gasteiger partial charge is 0.160 e. The number of hydrogen-bond acceptors (Lipinski definition) is 2. The Morgan fingerprint density at radius 3 is 2.76 bits per heavy atom. The molecule has 0 aromatic heterocycles. The van der Waals surface area contributed by atoms with Crippen molar-refractivity contribution in [2.75, 3.05) is 18.0 Å². The van der Waals surface area contributed by atoms with Gasteiger partial charge >= 0.3 is 0 Å². The maximum absolute atomic E-state index is 13.2. The van der Waals surface area contributed by atoms with Gasteiger partial charge in [-0.25, -0.2) is 8.78 Å². The van der Waals surface area contributed by atoms with E-state index in [2.05, 4.69) is 24.1 Å². The molecule has 0 amide bonds. The van der Waals surface area contributed by atoms with E-state index in [1.165, 1.54) is 12.1 Å². The van der Waals surface area contributed by atoms with Crippen molar-refractivity contribution < 1.29 is 8.78 Å². The van der Waals surface area contributed by atoms with E-state index in [9.17, 15) is 8.78 Å². The Hall–Kier alpha value is -1.16. The Morgan fingerprint density at radius 1 is 1.35 bits per heavy atom. The van der Waals surface area contributed by atoms with E-state index in [1.54, 1.807) is 6.07 Å². The third-order valence-corrected chi connectivity index (χ3v) is 3.38. The van der Waals surface area contributed by atoms with Crippen LogP contribution in [0.2, 0.25) is 0 Å². The van der Waals surface area contributed by atoms with Gasteiger partial charge in [-0.1, -0.05) is 6.92 Å². The molecule has 4 heteroatoms. The highest BCUT2D eigenvalue weighted by atomic mass is 19.2. The van der Waals surface area contributed by atoms with Crippen molar-refractivity contribution in [3.05, 3.63) is 29.8 Å². The first-order valence-corrected chi connectivity index (χ1v) is 6.07. The van der Waals surface area contributed by atoms with Gasteiger partial charge in [0.1, 0.15) is 0 Å². The quantitative estimate of drug-likeness (QED) is 0.854. The lowest BCUT2D eigenvalue weighted by atomic mass is 10.1. The summed E-state index contributed by atoms with van der Waals surface area (Å²) in [6.45, 7) is 5.91. The average molecular weight is 240 g/mol. The predicted octanol–water partition coefficient (Wildman–Crippen LogP) is 2.54. The van der Waals surface area contributed by atoms with Crippen molar-refractivity contribution in [2.45, 2.75) is 32.4 Å². The molecule has 1 aliphatic heterocycles. The normalized spacial score (nSPS) is 25.1. The van der Waals surface area contributed by atoms with Crippen LogP contribution in [0.1, 0.15) is 20.3 Å². The van der Waals surface area contributed by atoms with E-state index >= 15 is 0 Å². The van der Waals surface area contributed by atoms with Crippen LogP contribution in [0.15, 0.2) is 18.2 Å². The van der Waals surface area contributed by atoms with Crippen LogP contribution < -0.4 is 10.2 Å². The average Bonchev–Trinajstić information content (AvgIpc) is 2.33. The number of hydrogen-bond donors (Lipinski definition) is 1. The molecule has 0 bridgehead atoms. The zero-order valence-electron chi connectivity index (χ0n) is 10.2. The number of piperazine rings is 1. The molecule has 1 heterocycles. The van der Waals surface area contributed by atoms with Crippen LogP contribution in [0.4, 0.5) is 14.5 Å². The summed E-state index contributed by atoms with van der Waals surface area (Å²) in [5.74, 6) is -1.56. The van der Waals surface area contributed by atoms with Crippen LogP contribution in [0.5, 0.6) is 0 Å². The predicted molar refractivity (Wildman–Crippen MR) is 65.2 cm³/mol. The van der Waals surface area contributed by atoms with Gasteiger partial charge in [-0.2, -0.15) is 0 Å². The van der Waals surface area contributed by atoms with Gasteiger partial charge in [0, 0.05) is 36.9 Å². The number of halogens is 2. The van der Waals surface area contributed by atoms with Crippen molar-refractivity contribution in [3.63, 3.8) is 0 Å². The van der Waals surface area contributed by atoms with Gasteiger partial charge in [0.25, 0.3) is 0 Å². The van der Waals surface area contributed by atoms with Gasteiger partial charge < -0.3 is 10.2 Å². The highest BCUT2D eigenvalue weighted by molar-refractivity contribution is 5.48. The first kappa shape index (κ1) is 12.3. The summed E-state index contributed by atoms with van der Waals surface area (Å²) in [5.41, 5.74) is 0.761. The second-order valence-corrected chi connectivity index (χ2v) is 4.61.